The smallest absolute Gasteiger partial charge is 0.340 e. The van der Waals surface area contributed by atoms with Crippen molar-refractivity contribution in [1.29, 1.82) is 0 Å². The average molecular weight is 326 g/mol. The van der Waals surface area contributed by atoms with Crippen LogP contribution in [0.5, 0.6) is 0 Å². The van der Waals surface area contributed by atoms with E-state index in [1.165, 1.54) is 5.56 Å². The van der Waals surface area contributed by atoms with Crippen molar-refractivity contribution in [3.05, 3.63) is 59.7 Å². The standard InChI is InChI=1S/C20H26N2O2/c1-14(2)24-20(23)18-13-17(21)11-12-19(18)22-15(3)9-10-16-7-5-4-6-8-16/h4-8,11-15,22H,9-10,21H2,1-3H3/t15-/m0/s1. The van der Waals surface area contributed by atoms with Gasteiger partial charge in [-0.1, -0.05) is 30.3 Å². The lowest BCUT2D eigenvalue weighted by atomic mass is 10.1. The molecule has 2 aromatic rings. The second-order valence-corrected chi connectivity index (χ2v) is 6.33. The molecule has 0 saturated carbocycles. The summed E-state index contributed by atoms with van der Waals surface area (Å²) in [6.45, 7) is 5.77. The van der Waals surface area contributed by atoms with Gasteiger partial charge < -0.3 is 15.8 Å². The van der Waals surface area contributed by atoms with Crippen LogP contribution in [0.1, 0.15) is 43.1 Å². The zero-order valence-electron chi connectivity index (χ0n) is 14.6. The molecule has 128 valence electrons. The van der Waals surface area contributed by atoms with Gasteiger partial charge >= 0.3 is 5.97 Å². The van der Waals surface area contributed by atoms with Gasteiger partial charge in [0.15, 0.2) is 0 Å². The number of carbonyl (C=O) groups excluding carboxylic acids is 1. The zero-order chi connectivity index (χ0) is 17.5. The third kappa shape index (κ3) is 5.30. The highest BCUT2D eigenvalue weighted by molar-refractivity contribution is 5.96. The number of nitrogen functional groups attached to an aromatic ring is 1. The minimum Gasteiger partial charge on any atom is -0.459 e. The van der Waals surface area contributed by atoms with E-state index in [-0.39, 0.29) is 18.1 Å². The van der Waals surface area contributed by atoms with Crippen molar-refractivity contribution in [1.82, 2.24) is 0 Å². The highest BCUT2D eigenvalue weighted by Gasteiger charge is 2.16. The van der Waals surface area contributed by atoms with Crippen molar-refractivity contribution in [3.8, 4) is 0 Å². The van der Waals surface area contributed by atoms with E-state index in [4.69, 9.17) is 10.5 Å². The molecule has 0 saturated heterocycles. The van der Waals surface area contributed by atoms with E-state index >= 15 is 0 Å². The van der Waals surface area contributed by atoms with Gasteiger partial charge in [0.1, 0.15) is 0 Å². The molecule has 0 aromatic heterocycles. The molecule has 0 aliphatic rings. The first-order valence-corrected chi connectivity index (χ1v) is 8.36. The van der Waals surface area contributed by atoms with Crippen molar-refractivity contribution < 1.29 is 9.53 Å². The van der Waals surface area contributed by atoms with Crippen molar-refractivity contribution in [3.63, 3.8) is 0 Å². The van der Waals surface area contributed by atoms with Crippen molar-refractivity contribution in [2.24, 2.45) is 0 Å². The molecule has 4 nitrogen and oxygen atoms in total. The van der Waals surface area contributed by atoms with Crippen LogP contribution in [0.4, 0.5) is 11.4 Å². The third-order valence-corrected chi connectivity index (χ3v) is 3.72. The minimum absolute atomic E-state index is 0.165. The number of nitrogens with two attached hydrogens (primary N) is 1. The molecule has 0 spiro atoms. The van der Waals surface area contributed by atoms with E-state index < -0.39 is 0 Å². The van der Waals surface area contributed by atoms with Crippen LogP contribution in [-0.2, 0) is 11.2 Å². The topological polar surface area (TPSA) is 64.3 Å². The van der Waals surface area contributed by atoms with Crippen molar-refractivity contribution in [2.75, 3.05) is 11.1 Å². The molecular formula is C20H26N2O2. The Hall–Kier alpha value is -2.49. The molecule has 4 heteroatoms. The number of carbonyl (C=O) groups is 1. The third-order valence-electron chi connectivity index (χ3n) is 3.72. The number of aryl methyl sites for hydroxylation is 1. The van der Waals surface area contributed by atoms with Gasteiger partial charge in [-0.25, -0.2) is 4.79 Å². The molecule has 24 heavy (non-hydrogen) atoms. The van der Waals surface area contributed by atoms with Gasteiger partial charge in [-0.05, 0) is 57.4 Å². The van der Waals surface area contributed by atoms with Crippen LogP contribution in [0.2, 0.25) is 0 Å². The second kappa shape index (κ2) is 8.39. The monoisotopic (exact) mass is 326 g/mol. The van der Waals surface area contributed by atoms with Crippen LogP contribution >= 0.6 is 0 Å². The van der Waals surface area contributed by atoms with Gasteiger partial charge in [0.2, 0.25) is 0 Å². The highest BCUT2D eigenvalue weighted by Crippen LogP contribution is 2.22. The minimum atomic E-state index is -0.352. The Morgan fingerprint density at radius 3 is 2.50 bits per heavy atom. The summed E-state index contributed by atoms with van der Waals surface area (Å²) in [4.78, 5) is 12.3. The Morgan fingerprint density at radius 2 is 1.83 bits per heavy atom. The Balaban J connectivity index is 2.04. The number of rotatable bonds is 7. The van der Waals surface area contributed by atoms with E-state index in [1.54, 1.807) is 12.1 Å². The molecule has 0 fully saturated rings. The van der Waals surface area contributed by atoms with Crippen LogP contribution in [0, 0.1) is 0 Å². The lowest BCUT2D eigenvalue weighted by molar-refractivity contribution is 0.0379. The molecule has 1 atom stereocenters. The first kappa shape index (κ1) is 17.9. The SMILES string of the molecule is CC(C)OC(=O)c1cc(N)ccc1N[C@@H](C)CCc1ccccc1. The summed E-state index contributed by atoms with van der Waals surface area (Å²) in [6, 6.07) is 15.9. The van der Waals surface area contributed by atoms with E-state index in [0.717, 1.165) is 18.5 Å². The maximum Gasteiger partial charge on any atom is 0.340 e. The van der Waals surface area contributed by atoms with Crippen molar-refractivity contribution >= 4 is 17.3 Å². The molecule has 0 radical (unpaired) electrons. The molecule has 0 amide bonds. The molecule has 3 N–H and O–H groups in total. The molecule has 0 bridgehead atoms. The summed E-state index contributed by atoms with van der Waals surface area (Å²) >= 11 is 0. The summed E-state index contributed by atoms with van der Waals surface area (Å²) in [5.74, 6) is -0.352. The lowest BCUT2D eigenvalue weighted by Gasteiger charge is -2.19. The van der Waals surface area contributed by atoms with Crippen molar-refractivity contribution in [2.45, 2.75) is 45.8 Å². The Labute approximate surface area is 144 Å². The number of esters is 1. The molecule has 0 aliphatic heterocycles. The number of anilines is 2. The Morgan fingerprint density at radius 1 is 1.12 bits per heavy atom. The van der Waals surface area contributed by atoms with Gasteiger partial charge in [0, 0.05) is 17.4 Å². The maximum atomic E-state index is 12.3. The Kier molecular flexibility index (Phi) is 6.24. The van der Waals surface area contributed by atoms with E-state index in [0.29, 0.717) is 11.3 Å². The van der Waals surface area contributed by atoms with Crippen LogP contribution in [0.15, 0.2) is 48.5 Å². The molecule has 0 heterocycles. The number of nitrogens with one attached hydrogen (secondary N) is 1. The van der Waals surface area contributed by atoms with Gasteiger partial charge in [-0.15, -0.1) is 0 Å². The lowest BCUT2D eigenvalue weighted by Crippen LogP contribution is -2.20. The predicted octanol–water partition coefficient (Wildman–Crippen LogP) is 4.27. The number of hydrogen-bond donors (Lipinski definition) is 2. The molecule has 0 unspecified atom stereocenters. The van der Waals surface area contributed by atoms with Crippen LogP contribution < -0.4 is 11.1 Å². The van der Waals surface area contributed by atoms with E-state index in [2.05, 4.69) is 24.4 Å². The molecule has 0 aliphatic carbocycles. The van der Waals surface area contributed by atoms with E-state index in [9.17, 15) is 4.79 Å². The molecule has 2 rings (SSSR count). The average Bonchev–Trinajstić information content (AvgIpc) is 2.55. The maximum absolute atomic E-state index is 12.3. The van der Waals surface area contributed by atoms with Gasteiger partial charge in [-0.3, -0.25) is 0 Å². The fourth-order valence-electron chi connectivity index (χ4n) is 2.50. The van der Waals surface area contributed by atoms with E-state index in [1.807, 2.05) is 38.1 Å². The van der Waals surface area contributed by atoms with Crippen LogP contribution in [0.3, 0.4) is 0 Å². The first-order chi connectivity index (χ1) is 11.5. The second-order valence-electron chi connectivity index (χ2n) is 6.33. The quantitative estimate of drug-likeness (QED) is 0.589. The number of ether oxygens (including phenoxy) is 1. The van der Waals surface area contributed by atoms with Gasteiger partial charge in [-0.2, -0.15) is 0 Å². The number of benzene rings is 2. The van der Waals surface area contributed by atoms with Gasteiger partial charge in [0.25, 0.3) is 0 Å². The fourth-order valence-corrected chi connectivity index (χ4v) is 2.50. The summed E-state index contributed by atoms with van der Waals surface area (Å²) in [7, 11) is 0. The largest absolute Gasteiger partial charge is 0.459 e. The summed E-state index contributed by atoms with van der Waals surface area (Å²) in [5.41, 5.74) is 8.92. The van der Waals surface area contributed by atoms with Gasteiger partial charge in [0.05, 0.1) is 11.7 Å². The fraction of sp³-hybridized carbons (Fsp3) is 0.350. The summed E-state index contributed by atoms with van der Waals surface area (Å²) in [6.07, 6.45) is 1.78. The normalized spacial score (nSPS) is 12.0. The summed E-state index contributed by atoms with van der Waals surface area (Å²) in [5, 5.41) is 3.41. The Bertz CT molecular complexity index is 669. The summed E-state index contributed by atoms with van der Waals surface area (Å²) < 4.78 is 5.31. The molecule has 2 aromatic carbocycles. The molecular weight excluding hydrogens is 300 g/mol. The first-order valence-electron chi connectivity index (χ1n) is 8.36. The van der Waals surface area contributed by atoms with Crippen LogP contribution in [-0.4, -0.2) is 18.1 Å². The predicted molar refractivity (Wildman–Crippen MR) is 99.3 cm³/mol. The zero-order valence-corrected chi connectivity index (χ0v) is 14.6. The van der Waals surface area contributed by atoms with Crippen LogP contribution in [0.25, 0.3) is 0 Å². The number of hydrogen-bond acceptors (Lipinski definition) is 4. The highest BCUT2D eigenvalue weighted by atomic mass is 16.5.